The molecule has 0 fully saturated rings. The third-order valence-corrected chi connectivity index (χ3v) is 16.8. The van der Waals surface area contributed by atoms with E-state index >= 15 is 0 Å². The minimum atomic E-state index is -3.73. The Morgan fingerprint density at radius 1 is 0.481 bits per heavy atom. The number of halogens is 3. The molecule has 77 heavy (non-hydrogen) atoms. The zero-order valence-electron chi connectivity index (χ0n) is 44.4. The summed E-state index contributed by atoms with van der Waals surface area (Å²) in [7, 11) is 2.67. The van der Waals surface area contributed by atoms with Gasteiger partial charge >= 0.3 is 0 Å². The molecule has 0 aliphatic heterocycles. The Bertz CT molecular complexity index is 3350. The third-order valence-electron chi connectivity index (χ3n) is 9.44. The van der Waals surface area contributed by atoms with E-state index in [-0.39, 0.29) is 26.0 Å². The van der Waals surface area contributed by atoms with E-state index in [0.717, 1.165) is 27.6 Å². The molecule has 0 spiro atoms. The van der Waals surface area contributed by atoms with Gasteiger partial charge in [-0.3, -0.25) is 4.90 Å². The van der Waals surface area contributed by atoms with Crippen LogP contribution in [0.3, 0.4) is 0 Å². The Labute approximate surface area is 481 Å². The summed E-state index contributed by atoms with van der Waals surface area (Å²) in [4.78, 5) is 7.28. The first kappa shape index (κ1) is 67.9. The van der Waals surface area contributed by atoms with E-state index in [2.05, 4.69) is 61.0 Å². The number of methoxy groups -OCH3 is 2. The fraction of sp³-hybridized carbons (Fsp3) is 0.250. The molecule has 0 aromatic heterocycles. The summed E-state index contributed by atoms with van der Waals surface area (Å²) in [5.41, 5.74) is 5.29. The van der Waals surface area contributed by atoms with Crippen LogP contribution in [-0.2, 0) is 54.9 Å². The first-order valence-corrected chi connectivity index (χ1v) is 31.1. The normalized spacial score (nSPS) is 11.7. The van der Waals surface area contributed by atoms with Crippen molar-refractivity contribution in [3.05, 3.63) is 166 Å². The molecule has 0 radical (unpaired) electrons. The Hall–Kier alpha value is -5.19. The van der Waals surface area contributed by atoms with E-state index in [1.54, 1.807) is 144 Å². The zero-order valence-corrected chi connectivity index (χ0v) is 52.5. The van der Waals surface area contributed by atoms with Crippen LogP contribution in [0.1, 0.15) is 11.1 Å². The topological polar surface area (TPSA) is 231 Å². The van der Waals surface area contributed by atoms with Crippen LogP contribution < -0.4 is 5.14 Å². The van der Waals surface area contributed by atoms with Crippen LogP contribution in [0.4, 0.5) is 0 Å². The Balaban J connectivity index is 0.000000343. The molecule has 0 aliphatic rings. The lowest BCUT2D eigenvalue weighted by Gasteiger charge is -2.19. The monoisotopic (exact) mass is 1330 g/mol. The predicted octanol–water partition coefficient (Wildman–Crippen LogP) is 9.42. The van der Waals surface area contributed by atoms with Crippen LogP contribution in [0, 0.1) is 6.92 Å². The second-order valence-electron chi connectivity index (χ2n) is 16.8. The maximum absolute atomic E-state index is 12.4. The van der Waals surface area contributed by atoms with Crippen molar-refractivity contribution in [2.75, 3.05) is 70.6 Å². The lowest BCUT2D eigenvalue weighted by molar-refractivity contribution is -0.179. The highest BCUT2D eigenvalue weighted by Gasteiger charge is 2.20. The zero-order chi connectivity index (χ0) is 58.1. The molecule has 6 aromatic rings. The Kier molecular flexibility index (Phi) is 28.8. The van der Waals surface area contributed by atoms with Gasteiger partial charge in [0.25, 0.3) is 30.1 Å². The van der Waals surface area contributed by atoms with Crippen LogP contribution in [0.2, 0.25) is 0 Å². The number of nitrogens with two attached hydrogens (primary N) is 1. The fourth-order valence-electron chi connectivity index (χ4n) is 5.85. The highest BCUT2D eigenvalue weighted by atomic mass is 79.9. The largest absolute Gasteiger partial charge is 0.368 e. The van der Waals surface area contributed by atoms with Gasteiger partial charge in [0.05, 0.1) is 14.7 Å². The molecule has 18 nitrogen and oxygen atoms in total. The maximum Gasteiger partial charge on any atom is 0.284 e. The van der Waals surface area contributed by atoms with Crippen molar-refractivity contribution in [3.63, 3.8) is 0 Å². The number of aryl methyl sites for hydroxylation is 1. The standard InChI is InChI=1S/C16H17BrN2O2S.C16H18N2O2S.C9H11BrN2O2S.C6H6BrNO2S.C5H13NO2/c1-19(2)12-18-22(20,21)16-6-4-3-5-15(16)14-9-7-13(11-17)8-10-14;1-13-8-10-14(11-9-13)15-6-4-5-7-16(15)21(19,20)17-12-18(2)3;1-12(2)7-11-15(13,14)9-6-4-3-5-8(9)10;7-5-3-1-2-4-6(5)11(8,9)10;1-6(2)5(7-3)8-4/h3-10,12H,11H2,1-2H3;4-12H,1-3H3;3-7H,1-2H3;1-4H,(H2,8,9,10);5H,1-4H3. The summed E-state index contributed by atoms with van der Waals surface area (Å²) < 4.78 is 116. The van der Waals surface area contributed by atoms with Crippen LogP contribution >= 0.6 is 47.8 Å². The summed E-state index contributed by atoms with van der Waals surface area (Å²) in [6.45, 7) is 1.99. The number of ether oxygens (including phenoxy) is 2. The number of rotatable bonds is 16. The second kappa shape index (κ2) is 32.6. The van der Waals surface area contributed by atoms with E-state index in [4.69, 9.17) is 14.6 Å². The van der Waals surface area contributed by atoms with Crippen LogP contribution in [0.5, 0.6) is 0 Å². The van der Waals surface area contributed by atoms with E-state index in [0.29, 0.717) is 20.1 Å². The van der Waals surface area contributed by atoms with E-state index in [1.165, 1.54) is 31.1 Å². The van der Waals surface area contributed by atoms with E-state index < -0.39 is 40.1 Å². The molecule has 6 rings (SSSR count). The van der Waals surface area contributed by atoms with Crippen molar-refractivity contribution in [3.8, 4) is 22.3 Å². The molecular weight excluding hydrogens is 1260 g/mol. The van der Waals surface area contributed by atoms with Crippen LogP contribution in [-0.4, -0.2) is 149 Å². The average molecular weight is 1330 g/mol. The van der Waals surface area contributed by atoms with Gasteiger partial charge in [0, 0.05) is 81.9 Å². The van der Waals surface area contributed by atoms with Crippen molar-refractivity contribution in [2.45, 2.75) is 38.2 Å². The van der Waals surface area contributed by atoms with Gasteiger partial charge in [-0.15, -0.1) is 13.2 Å². The number of primary sulfonamides is 1. The summed E-state index contributed by atoms with van der Waals surface area (Å²) in [5, 5.41) is 5.66. The van der Waals surface area contributed by atoms with E-state index in [1.807, 2.05) is 86.6 Å². The molecular formula is C52H65Br3N8O10S4. The minimum Gasteiger partial charge on any atom is -0.368 e. The SMILES string of the molecule is CN(C)C=NS(=O)(=O)c1ccccc1-c1ccc(CBr)cc1.CN(C)C=NS(=O)(=O)c1ccccc1Br.COC(OC)N(C)C.Cc1ccc(-c2ccccc2S(=O)(=O)N=CN(C)C)cc1.NS(=O)(=O)c1ccccc1Br. The molecule has 418 valence electrons. The second-order valence-corrected chi connectivity index (χ2v) is 25.4. The van der Waals surface area contributed by atoms with Crippen molar-refractivity contribution in [1.82, 2.24) is 19.6 Å². The van der Waals surface area contributed by atoms with Gasteiger partial charge < -0.3 is 24.2 Å². The van der Waals surface area contributed by atoms with Crippen molar-refractivity contribution < 1.29 is 43.1 Å². The molecule has 6 aromatic carbocycles. The summed E-state index contributed by atoms with van der Waals surface area (Å²) in [6, 6.07) is 42.3. The fourth-order valence-corrected chi connectivity index (χ4v) is 12.0. The molecule has 0 saturated carbocycles. The highest BCUT2D eigenvalue weighted by Crippen LogP contribution is 2.30. The van der Waals surface area contributed by atoms with Gasteiger partial charge in [-0.25, -0.2) is 13.6 Å². The number of nitrogens with zero attached hydrogens (tertiary/aromatic N) is 7. The third kappa shape index (κ3) is 23.8. The van der Waals surface area contributed by atoms with Gasteiger partial charge in [-0.05, 0) is 106 Å². The van der Waals surface area contributed by atoms with Gasteiger partial charge in [0.15, 0.2) is 0 Å². The highest BCUT2D eigenvalue weighted by molar-refractivity contribution is 9.10. The van der Waals surface area contributed by atoms with Crippen molar-refractivity contribution >= 4 is 107 Å². The number of sulfonamides is 4. The van der Waals surface area contributed by atoms with Crippen molar-refractivity contribution in [2.24, 2.45) is 18.3 Å². The minimum absolute atomic E-state index is 0.111. The van der Waals surface area contributed by atoms with Crippen molar-refractivity contribution in [1.29, 1.82) is 0 Å². The Morgan fingerprint density at radius 3 is 1.08 bits per heavy atom. The lowest BCUT2D eigenvalue weighted by Crippen LogP contribution is -2.30. The first-order chi connectivity index (χ1) is 36.0. The van der Waals surface area contributed by atoms with Gasteiger partial charge in [0.2, 0.25) is 16.4 Å². The smallest absolute Gasteiger partial charge is 0.284 e. The Morgan fingerprint density at radius 2 is 0.792 bits per heavy atom. The number of hydrogen-bond donors (Lipinski definition) is 1. The predicted molar refractivity (Wildman–Crippen MR) is 320 cm³/mol. The molecule has 0 aliphatic carbocycles. The molecule has 2 N–H and O–H groups in total. The molecule has 0 saturated heterocycles. The number of hydrogen-bond acceptors (Lipinski definition) is 11. The number of benzene rings is 6. The molecule has 0 heterocycles. The number of alkyl halides is 1. The molecule has 0 bridgehead atoms. The lowest BCUT2D eigenvalue weighted by atomic mass is 10.0. The first-order valence-electron chi connectivity index (χ1n) is 22.6. The summed E-state index contributed by atoms with van der Waals surface area (Å²) in [6.07, 6.45) is 3.63. The van der Waals surface area contributed by atoms with Gasteiger partial charge in [0.1, 0.15) is 23.9 Å². The molecule has 0 unspecified atom stereocenters. The molecule has 0 amide bonds. The van der Waals surface area contributed by atoms with Crippen LogP contribution in [0.15, 0.2) is 187 Å². The quantitative estimate of drug-likeness (QED) is 0.0412. The molecule has 0 atom stereocenters. The van der Waals surface area contributed by atoms with E-state index in [9.17, 15) is 33.7 Å². The average Bonchev–Trinajstić information content (AvgIpc) is 3.38. The van der Waals surface area contributed by atoms with Gasteiger partial charge in [-0.2, -0.15) is 25.3 Å². The summed E-state index contributed by atoms with van der Waals surface area (Å²) >= 11 is 9.64. The molecule has 25 heteroatoms. The van der Waals surface area contributed by atoms with Crippen LogP contribution in [0.25, 0.3) is 22.3 Å². The van der Waals surface area contributed by atoms with Gasteiger partial charge in [-0.1, -0.05) is 131 Å². The summed E-state index contributed by atoms with van der Waals surface area (Å²) in [5.74, 6) is 0. The maximum atomic E-state index is 12.4.